The lowest BCUT2D eigenvalue weighted by atomic mass is 9.92. The monoisotopic (exact) mass is 425 g/mol. The van der Waals surface area contributed by atoms with Crippen LogP contribution in [0.1, 0.15) is 39.4 Å². The van der Waals surface area contributed by atoms with Crippen molar-refractivity contribution < 1.29 is 5.11 Å². The number of nitrogens with zero attached hydrogens (tertiary/aromatic N) is 3. The molecule has 1 aliphatic heterocycles. The fourth-order valence-electron chi connectivity index (χ4n) is 3.94. The fourth-order valence-corrected chi connectivity index (χ4v) is 4.14. The van der Waals surface area contributed by atoms with Gasteiger partial charge in [0, 0.05) is 35.6 Å². The highest BCUT2D eigenvalue weighted by atomic mass is 35.5. The van der Waals surface area contributed by atoms with Gasteiger partial charge in [0.25, 0.3) is 0 Å². The van der Waals surface area contributed by atoms with Crippen LogP contribution in [0.3, 0.4) is 0 Å². The van der Waals surface area contributed by atoms with E-state index in [0.717, 1.165) is 40.8 Å². The van der Waals surface area contributed by atoms with Crippen molar-refractivity contribution >= 4 is 28.2 Å². The van der Waals surface area contributed by atoms with Crippen LogP contribution in [0.5, 0.6) is 0 Å². The molecule has 158 valence electrons. The minimum Gasteiger partial charge on any atom is -0.382 e. The summed E-state index contributed by atoms with van der Waals surface area (Å²) in [5.74, 6) is 0.956. The van der Waals surface area contributed by atoms with Gasteiger partial charge >= 0.3 is 0 Å². The van der Waals surface area contributed by atoms with Crippen LogP contribution in [0.25, 0.3) is 22.0 Å². The zero-order valence-corrected chi connectivity index (χ0v) is 18.4. The lowest BCUT2D eigenvalue weighted by molar-refractivity contribution is 0.0687. The summed E-state index contributed by atoms with van der Waals surface area (Å²) in [7, 11) is 0. The molecule has 0 aliphatic carbocycles. The number of aliphatic hydroxyl groups is 1. The van der Waals surface area contributed by atoms with E-state index in [9.17, 15) is 5.11 Å². The van der Waals surface area contributed by atoms with Gasteiger partial charge < -0.3 is 15.7 Å². The van der Waals surface area contributed by atoms with Crippen LogP contribution in [-0.4, -0.2) is 39.2 Å². The average Bonchev–Trinajstić information content (AvgIpc) is 2.75. The van der Waals surface area contributed by atoms with Gasteiger partial charge in [0.2, 0.25) is 0 Å². The van der Waals surface area contributed by atoms with Gasteiger partial charge in [-0.1, -0.05) is 17.7 Å². The van der Waals surface area contributed by atoms with Crippen molar-refractivity contribution in [2.24, 2.45) is 5.92 Å². The molecule has 1 aliphatic rings. The predicted octanol–water partition coefficient (Wildman–Crippen LogP) is 4.37. The Morgan fingerprint density at radius 1 is 1.17 bits per heavy atom. The lowest BCUT2D eigenvalue weighted by Gasteiger charge is -2.30. The largest absolute Gasteiger partial charge is 0.382 e. The second-order valence-electron chi connectivity index (χ2n) is 8.61. The summed E-state index contributed by atoms with van der Waals surface area (Å²) in [5.41, 5.74) is 2.58. The summed E-state index contributed by atoms with van der Waals surface area (Å²) in [6.45, 7) is 7.68. The number of nitrogens with one attached hydrogen (secondary N) is 2. The second-order valence-corrected chi connectivity index (χ2v) is 9.01. The highest BCUT2D eigenvalue weighted by Gasteiger charge is 2.22. The molecule has 3 aromatic rings. The van der Waals surface area contributed by atoms with Crippen molar-refractivity contribution in [2.45, 2.75) is 45.3 Å². The van der Waals surface area contributed by atoms with Crippen molar-refractivity contribution in [3.63, 3.8) is 0 Å². The summed E-state index contributed by atoms with van der Waals surface area (Å²) < 4.78 is 0. The topological polar surface area (TPSA) is 83.0 Å². The SMILES string of the molecule is C[C@H](Nc1c(Cl)cnc2ccc(-c3cnc(C(C)(C)O)nc3)cc12)C1CCCNC1. The smallest absolute Gasteiger partial charge is 0.159 e. The number of rotatable bonds is 5. The van der Waals surface area contributed by atoms with Crippen LogP contribution in [0, 0.1) is 5.92 Å². The Balaban J connectivity index is 1.68. The molecule has 4 rings (SSSR count). The first kappa shape index (κ1) is 21.0. The molecule has 1 unspecified atom stereocenters. The number of hydrogen-bond donors (Lipinski definition) is 3. The molecule has 0 spiro atoms. The Labute approximate surface area is 182 Å². The summed E-state index contributed by atoms with van der Waals surface area (Å²) in [6, 6.07) is 6.36. The van der Waals surface area contributed by atoms with Crippen LogP contribution in [0.15, 0.2) is 36.8 Å². The first-order valence-corrected chi connectivity index (χ1v) is 10.8. The van der Waals surface area contributed by atoms with E-state index < -0.39 is 5.60 Å². The molecule has 3 heterocycles. The number of halogens is 1. The molecular weight excluding hydrogens is 398 g/mol. The third-order valence-corrected chi connectivity index (χ3v) is 6.05. The Morgan fingerprint density at radius 3 is 2.60 bits per heavy atom. The van der Waals surface area contributed by atoms with Gasteiger partial charge in [0.15, 0.2) is 5.82 Å². The molecular formula is C23H28ClN5O. The number of fused-ring (bicyclic) bond motifs is 1. The summed E-state index contributed by atoms with van der Waals surface area (Å²) in [4.78, 5) is 13.2. The van der Waals surface area contributed by atoms with Gasteiger partial charge in [0.1, 0.15) is 5.60 Å². The molecule has 2 aromatic heterocycles. The summed E-state index contributed by atoms with van der Waals surface area (Å²) in [6.07, 6.45) is 7.59. The molecule has 0 bridgehead atoms. The third kappa shape index (κ3) is 4.41. The van der Waals surface area contributed by atoms with Crippen molar-refractivity contribution in [1.82, 2.24) is 20.3 Å². The van der Waals surface area contributed by atoms with E-state index in [1.54, 1.807) is 32.4 Å². The lowest BCUT2D eigenvalue weighted by Crippen LogP contribution is -2.38. The molecule has 0 saturated carbocycles. The number of pyridine rings is 1. The standard InChI is InChI=1S/C23H28ClN5O/c1-14(16-5-4-8-25-10-16)29-21-18-9-15(6-7-20(18)26-13-19(21)24)17-11-27-22(28-12-17)23(2,3)30/h6-7,9,11-14,16,25,30H,4-5,8,10H2,1-3H3,(H,26,29)/t14-,16?/m0/s1. The quantitative estimate of drug-likeness (QED) is 0.563. The maximum atomic E-state index is 10.1. The van der Waals surface area contributed by atoms with Gasteiger partial charge in [0.05, 0.1) is 16.2 Å². The van der Waals surface area contributed by atoms with Gasteiger partial charge in [-0.15, -0.1) is 0 Å². The first-order chi connectivity index (χ1) is 14.3. The van der Waals surface area contributed by atoms with Crippen molar-refractivity contribution in [3.8, 4) is 11.1 Å². The average molecular weight is 426 g/mol. The summed E-state index contributed by atoms with van der Waals surface area (Å²) in [5, 5.41) is 18.8. The molecule has 0 radical (unpaired) electrons. The molecule has 1 aromatic carbocycles. The molecule has 1 saturated heterocycles. The predicted molar refractivity (Wildman–Crippen MR) is 122 cm³/mol. The maximum absolute atomic E-state index is 10.1. The van der Waals surface area contributed by atoms with E-state index >= 15 is 0 Å². The zero-order chi connectivity index (χ0) is 21.3. The Bertz CT molecular complexity index is 1030. The van der Waals surface area contributed by atoms with Crippen LogP contribution >= 0.6 is 11.6 Å². The third-order valence-electron chi connectivity index (χ3n) is 5.77. The number of anilines is 1. The van der Waals surface area contributed by atoms with Gasteiger partial charge in [-0.3, -0.25) is 4.98 Å². The van der Waals surface area contributed by atoms with E-state index in [1.807, 2.05) is 12.1 Å². The van der Waals surface area contributed by atoms with Crippen molar-refractivity contribution in [3.05, 3.63) is 47.6 Å². The Morgan fingerprint density at radius 2 is 1.93 bits per heavy atom. The van der Waals surface area contributed by atoms with Crippen LogP contribution in [0.4, 0.5) is 5.69 Å². The summed E-state index contributed by atoms with van der Waals surface area (Å²) >= 11 is 6.56. The van der Waals surface area contributed by atoms with E-state index in [4.69, 9.17) is 11.6 Å². The number of aromatic nitrogens is 3. The van der Waals surface area contributed by atoms with Crippen LogP contribution in [-0.2, 0) is 5.60 Å². The second kappa shape index (κ2) is 8.46. The van der Waals surface area contributed by atoms with Crippen molar-refractivity contribution in [1.29, 1.82) is 0 Å². The van der Waals surface area contributed by atoms with E-state index in [-0.39, 0.29) is 0 Å². The molecule has 0 amide bonds. The minimum absolute atomic E-state index is 0.291. The van der Waals surface area contributed by atoms with Gasteiger partial charge in [-0.05, 0) is 70.3 Å². The van der Waals surface area contributed by atoms with E-state index in [2.05, 4.69) is 38.6 Å². The molecule has 2 atom stereocenters. The molecule has 3 N–H and O–H groups in total. The minimum atomic E-state index is -1.07. The van der Waals surface area contributed by atoms with E-state index in [0.29, 0.717) is 22.8 Å². The van der Waals surface area contributed by atoms with Crippen LogP contribution in [0.2, 0.25) is 5.02 Å². The molecule has 1 fully saturated rings. The maximum Gasteiger partial charge on any atom is 0.159 e. The number of benzene rings is 1. The first-order valence-electron chi connectivity index (χ1n) is 10.4. The Hall–Kier alpha value is -2.28. The molecule has 7 heteroatoms. The normalized spacial score (nSPS) is 18.4. The molecule has 30 heavy (non-hydrogen) atoms. The van der Waals surface area contributed by atoms with Gasteiger partial charge in [-0.25, -0.2) is 9.97 Å². The number of piperidine rings is 1. The highest BCUT2D eigenvalue weighted by molar-refractivity contribution is 6.34. The fraction of sp³-hybridized carbons (Fsp3) is 0.435. The highest BCUT2D eigenvalue weighted by Crippen LogP contribution is 2.34. The van der Waals surface area contributed by atoms with Crippen molar-refractivity contribution in [2.75, 3.05) is 18.4 Å². The molecule has 6 nitrogen and oxygen atoms in total. The zero-order valence-electron chi connectivity index (χ0n) is 17.6. The Kier molecular flexibility index (Phi) is 5.91. The van der Waals surface area contributed by atoms with Gasteiger partial charge in [-0.2, -0.15) is 0 Å². The van der Waals surface area contributed by atoms with E-state index in [1.165, 1.54) is 12.8 Å². The number of hydrogen-bond acceptors (Lipinski definition) is 6. The van der Waals surface area contributed by atoms with Crippen LogP contribution < -0.4 is 10.6 Å².